The van der Waals surface area contributed by atoms with E-state index in [-0.39, 0.29) is 11.3 Å². The lowest BCUT2D eigenvalue weighted by atomic mass is 9.76. The topological polar surface area (TPSA) is 64.4 Å². The van der Waals surface area contributed by atoms with Crippen molar-refractivity contribution in [3.63, 3.8) is 0 Å². The molecule has 1 aliphatic rings. The van der Waals surface area contributed by atoms with Gasteiger partial charge < -0.3 is 15.8 Å². The van der Waals surface area contributed by atoms with Gasteiger partial charge in [0.05, 0.1) is 6.10 Å². The van der Waals surface area contributed by atoms with Gasteiger partial charge in [-0.05, 0) is 56.4 Å². The third-order valence-corrected chi connectivity index (χ3v) is 4.52. The molecular formula is C17H34N2O2. The second-order valence-corrected chi connectivity index (χ2v) is 7.31. The molecule has 0 aliphatic carbocycles. The Bertz CT molecular complexity index is 294. The predicted molar refractivity (Wildman–Crippen MR) is 87.1 cm³/mol. The predicted octanol–water partition coefficient (Wildman–Crippen LogP) is 2.85. The lowest BCUT2D eigenvalue weighted by Gasteiger charge is -2.30. The third-order valence-electron chi connectivity index (χ3n) is 4.52. The van der Waals surface area contributed by atoms with Gasteiger partial charge in [0, 0.05) is 19.6 Å². The number of hydrogen-bond donors (Lipinski definition) is 2. The van der Waals surface area contributed by atoms with E-state index in [2.05, 4.69) is 26.1 Å². The van der Waals surface area contributed by atoms with Crippen LogP contribution in [-0.4, -0.2) is 31.7 Å². The van der Waals surface area contributed by atoms with E-state index in [0.717, 1.165) is 38.8 Å². The SMILES string of the molecule is CC(C)(C)C(CCN)CCC(=O)NCCC1CCCCO1. The highest BCUT2D eigenvalue weighted by Crippen LogP contribution is 2.31. The Kier molecular flexibility index (Phi) is 8.27. The number of nitrogens with one attached hydrogen (secondary N) is 1. The minimum atomic E-state index is 0.164. The molecule has 1 heterocycles. The van der Waals surface area contributed by atoms with Crippen LogP contribution in [0.25, 0.3) is 0 Å². The Balaban J connectivity index is 2.17. The van der Waals surface area contributed by atoms with Gasteiger partial charge in [-0.1, -0.05) is 20.8 Å². The first-order chi connectivity index (χ1) is 9.93. The maximum Gasteiger partial charge on any atom is 0.220 e. The Morgan fingerprint density at radius 3 is 2.67 bits per heavy atom. The highest BCUT2D eigenvalue weighted by molar-refractivity contribution is 5.75. The van der Waals surface area contributed by atoms with E-state index in [9.17, 15) is 4.79 Å². The van der Waals surface area contributed by atoms with E-state index in [4.69, 9.17) is 10.5 Å². The molecule has 0 aromatic rings. The van der Waals surface area contributed by atoms with Crippen molar-refractivity contribution in [2.24, 2.45) is 17.1 Å². The molecule has 0 aromatic carbocycles. The van der Waals surface area contributed by atoms with Crippen molar-refractivity contribution in [1.82, 2.24) is 5.32 Å². The summed E-state index contributed by atoms with van der Waals surface area (Å²) >= 11 is 0. The van der Waals surface area contributed by atoms with E-state index < -0.39 is 0 Å². The summed E-state index contributed by atoms with van der Waals surface area (Å²) in [6, 6.07) is 0. The summed E-state index contributed by atoms with van der Waals surface area (Å²) in [5, 5.41) is 3.03. The second-order valence-electron chi connectivity index (χ2n) is 7.31. The molecule has 1 rings (SSSR count). The molecule has 0 radical (unpaired) electrons. The molecule has 0 saturated carbocycles. The first kappa shape index (κ1) is 18.4. The van der Waals surface area contributed by atoms with Gasteiger partial charge in [0.25, 0.3) is 0 Å². The van der Waals surface area contributed by atoms with Crippen molar-refractivity contribution in [2.75, 3.05) is 19.7 Å². The van der Waals surface area contributed by atoms with Crippen LogP contribution in [0.15, 0.2) is 0 Å². The molecule has 3 N–H and O–H groups in total. The van der Waals surface area contributed by atoms with Gasteiger partial charge in [-0.15, -0.1) is 0 Å². The van der Waals surface area contributed by atoms with E-state index in [1.807, 2.05) is 0 Å². The fourth-order valence-electron chi connectivity index (χ4n) is 3.01. The number of nitrogens with two attached hydrogens (primary N) is 1. The molecule has 2 unspecified atom stereocenters. The van der Waals surface area contributed by atoms with Crippen LogP contribution < -0.4 is 11.1 Å². The Hall–Kier alpha value is -0.610. The van der Waals surface area contributed by atoms with Gasteiger partial charge in [-0.2, -0.15) is 0 Å². The van der Waals surface area contributed by atoms with Crippen molar-refractivity contribution < 1.29 is 9.53 Å². The summed E-state index contributed by atoms with van der Waals surface area (Å²) in [5.41, 5.74) is 5.90. The van der Waals surface area contributed by atoms with Crippen molar-refractivity contribution in [3.05, 3.63) is 0 Å². The highest BCUT2D eigenvalue weighted by atomic mass is 16.5. The van der Waals surface area contributed by atoms with Crippen molar-refractivity contribution in [3.8, 4) is 0 Å². The number of carbonyl (C=O) groups excluding carboxylic acids is 1. The smallest absolute Gasteiger partial charge is 0.220 e. The molecule has 1 saturated heterocycles. The minimum Gasteiger partial charge on any atom is -0.378 e. The van der Waals surface area contributed by atoms with Gasteiger partial charge >= 0.3 is 0 Å². The van der Waals surface area contributed by atoms with Crippen molar-refractivity contribution >= 4 is 5.91 Å². The largest absolute Gasteiger partial charge is 0.378 e. The zero-order valence-electron chi connectivity index (χ0n) is 14.1. The lowest BCUT2D eigenvalue weighted by Crippen LogP contribution is -2.30. The Morgan fingerprint density at radius 2 is 2.10 bits per heavy atom. The van der Waals surface area contributed by atoms with Crippen LogP contribution in [0.3, 0.4) is 0 Å². The molecular weight excluding hydrogens is 264 g/mol. The van der Waals surface area contributed by atoms with Crippen LogP contribution in [0, 0.1) is 11.3 Å². The molecule has 2 atom stereocenters. The first-order valence-corrected chi connectivity index (χ1v) is 8.52. The summed E-state index contributed by atoms with van der Waals surface area (Å²) in [6.07, 6.45) is 7.38. The van der Waals surface area contributed by atoms with Gasteiger partial charge in [0.2, 0.25) is 5.91 Å². The molecule has 1 aliphatic heterocycles. The van der Waals surface area contributed by atoms with E-state index in [0.29, 0.717) is 25.0 Å². The van der Waals surface area contributed by atoms with Crippen LogP contribution in [0.4, 0.5) is 0 Å². The Labute approximate surface area is 130 Å². The fraction of sp³-hybridized carbons (Fsp3) is 0.941. The standard InChI is InChI=1S/C17H34N2O2/c1-17(2,3)14(9-11-18)7-8-16(20)19-12-10-15-6-4-5-13-21-15/h14-15H,4-13,18H2,1-3H3,(H,19,20). The average Bonchev–Trinajstić information content (AvgIpc) is 2.43. The van der Waals surface area contributed by atoms with E-state index in [1.54, 1.807) is 0 Å². The molecule has 21 heavy (non-hydrogen) atoms. The zero-order chi connectivity index (χ0) is 15.7. The van der Waals surface area contributed by atoms with Crippen LogP contribution in [0.5, 0.6) is 0 Å². The molecule has 124 valence electrons. The summed E-state index contributed by atoms with van der Waals surface area (Å²) in [5.74, 6) is 0.673. The second kappa shape index (κ2) is 9.42. The van der Waals surface area contributed by atoms with Gasteiger partial charge in [-0.25, -0.2) is 0 Å². The summed E-state index contributed by atoms with van der Waals surface area (Å²) < 4.78 is 5.67. The number of carbonyl (C=O) groups is 1. The van der Waals surface area contributed by atoms with Gasteiger partial charge in [-0.3, -0.25) is 4.79 Å². The van der Waals surface area contributed by atoms with E-state index >= 15 is 0 Å². The summed E-state index contributed by atoms with van der Waals surface area (Å²) in [4.78, 5) is 11.9. The molecule has 1 amide bonds. The number of ether oxygens (including phenoxy) is 1. The molecule has 4 nitrogen and oxygen atoms in total. The maximum atomic E-state index is 11.9. The van der Waals surface area contributed by atoms with Crippen molar-refractivity contribution in [1.29, 1.82) is 0 Å². The van der Waals surface area contributed by atoms with Gasteiger partial charge in [0.1, 0.15) is 0 Å². The normalized spacial score (nSPS) is 21.0. The van der Waals surface area contributed by atoms with Crippen LogP contribution in [0.2, 0.25) is 0 Å². The van der Waals surface area contributed by atoms with E-state index in [1.165, 1.54) is 12.8 Å². The Morgan fingerprint density at radius 1 is 1.33 bits per heavy atom. The highest BCUT2D eigenvalue weighted by Gasteiger charge is 2.24. The zero-order valence-corrected chi connectivity index (χ0v) is 14.1. The minimum absolute atomic E-state index is 0.164. The molecule has 0 spiro atoms. The maximum absolute atomic E-state index is 11.9. The molecule has 4 heteroatoms. The third kappa shape index (κ3) is 7.82. The number of amides is 1. The molecule has 0 bridgehead atoms. The van der Waals surface area contributed by atoms with Crippen LogP contribution in [-0.2, 0) is 9.53 Å². The quantitative estimate of drug-likeness (QED) is 0.724. The number of rotatable bonds is 8. The number of hydrogen-bond acceptors (Lipinski definition) is 3. The summed E-state index contributed by atoms with van der Waals surface area (Å²) in [6.45, 7) is 9.00. The van der Waals surface area contributed by atoms with Crippen molar-refractivity contribution in [2.45, 2.75) is 71.8 Å². The average molecular weight is 298 g/mol. The fourth-order valence-corrected chi connectivity index (χ4v) is 3.01. The lowest BCUT2D eigenvalue weighted by molar-refractivity contribution is -0.121. The molecule has 1 fully saturated rings. The van der Waals surface area contributed by atoms with Gasteiger partial charge in [0.15, 0.2) is 0 Å². The molecule has 0 aromatic heterocycles. The summed E-state index contributed by atoms with van der Waals surface area (Å²) in [7, 11) is 0. The first-order valence-electron chi connectivity index (χ1n) is 8.52. The van der Waals surface area contributed by atoms with Crippen LogP contribution in [0.1, 0.15) is 65.7 Å². The monoisotopic (exact) mass is 298 g/mol. The van der Waals surface area contributed by atoms with Crippen LogP contribution >= 0.6 is 0 Å².